The van der Waals surface area contributed by atoms with Crippen LogP contribution in [0.4, 0.5) is 27.6 Å². The normalized spacial score (nSPS) is 26.2. The highest BCUT2D eigenvalue weighted by atomic mass is 19.4. The van der Waals surface area contributed by atoms with Crippen LogP contribution >= 0.6 is 0 Å². The van der Waals surface area contributed by atoms with Crippen molar-refractivity contribution < 1.29 is 35.9 Å². The average molecular weight is 300 g/mol. The summed E-state index contributed by atoms with van der Waals surface area (Å²) in [4.78, 5) is 0.900. The van der Waals surface area contributed by atoms with Gasteiger partial charge in [-0.15, -0.1) is 0 Å². The number of phenolic OH excluding ortho intramolecular Hbond substituents is 1. The molecule has 2 rings (SSSR count). The predicted octanol–water partition coefficient (Wildman–Crippen LogP) is 2.83. The van der Waals surface area contributed by atoms with E-state index < -0.39 is 49.2 Å². The summed E-state index contributed by atoms with van der Waals surface area (Å²) < 4.78 is 91.2. The van der Waals surface area contributed by atoms with Crippen molar-refractivity contribution in [3.8, 4) is 5.75 Å². The van der Waals surface area contributed by atoms with Crippen LogP contribution < -0.4 is 4.90 Å². The summed E-state index contributed by atoms with van der Waals surface area (Å²) in [5.74, 6) is -4.09. The Bertz CT molecular complexity index is 608. The maximum absolute atomic E-state index is 13.3. The van der Waals surface area contributed by atoms with Gasteiger partial charge in [-0.3, -0.25) is 0 Å². The van der Waals surface area contributed by atoms with Crippen LogP contribution in [0.25, 0.3) is 0 Å². The number of methoxy groups -OCH3 is 1. The highest BCUT2D eigenvalue weighted by molar-refractivity contribution is 5.59. The molecule has 112 valence electrons. The van der Waals surface area contributed by atoms with Crippen LogP contribution in [0.1, 0.15) is 10.5 Å². The lowest BCUT2D eigenvalue weighted by Crippen LogP contribution is -2.49. The second kappa shape index (κ2) is 4.76. The predicted molar refractivity (Wildman–Crippen MR) is 60.6 cm³/mol. The zero-order valence-corrected chi connectivity index (χ0v) is 9.97. The number of anilines is 1. The van der Waals surface area contributed by atoms with E-state index in [0.717, 1.165) is 11.0 Å². The fourth-order valence-corrected chi connectivity index (χ4v) is 2.15. The van der Waals surface area contributed by atoms with Crippen molar-refractivity contribution in [3.63, 3.8) is 0 Å². The molecule has 20 heavy (non-hydrogen) atoms. The fourth-order valence-electron chi connectivity index (χ4n) is 2.15. The molecule has 3 nitrogen and oxygen atoms in total. The van der Waals surface area contributed by atoms with Gasteiger partial charge in [0.15, 0.2) is 17.2 Å². The minimum atomic E-state index is -5.00. The Kier molecular flexibility index (Phi) is 2.65. The number of hydrogen-bond acceptors (Lipinski definition) is 3. The lowest BCUT2D eigenvalue weighted by molar-refractivity contribution is -0.260. The van der Waals surface area contributed by atoms with Crippen molar-refractivity contribution in [1.82, 2.24) is 0 Å². The van der Waals surface area contributed by atoms with Gasteiger partial charge < -0.3 is 14.7 Å². The molecule has 0 aliphatic carbocycles. The Hall–Kier alpha value is -1.57. The van der Waals surface area contributed by atoms with E-state index in [1.165, 1.54) is 0 Å². The Balaban J connectivity index is 2.35. The smallest absolute Gasteiger partial charge is 0.419 e. The van der Waals surface area contributed by atoms with Crippen molar-refractivity contribution in [3.05, 3.63) is 23.8 Å². The summed E-state index contributed by atoms with van der Waals surface area (Å²) in [6, 6.07) is 1.57. The van der Waals surface area contributed by atoms with Gasteiger partial charge in [-0.25, -0.2) is 4.39 Å². The summed E-state index contributed by atoms with van der Waals surface area (Å²) in [5.41, 5.74) is -3.36. The van der Waals surface area contributed by atoms with Gasteiger partial charge in [-0.05, 0) is 12.1 Å². The molecule has 0 aromatic heterocycles. The SMILES string of the molecule is [2H]C([2H])([2H])OC1(C(F)(F)F)CCN(c2ccc(F)c(F)c2O)C1. The third kappa shape index (κ3) is 2.17. The van der Waals surface area contributed by atoms with Gasteiger partial charge in [0.25, 0.3) is 0 Å². The van der Waals surface area contributed by atoms with Gasteiger partial charge in [0.1, 0.15) is 0 Å². The molecule has 1 atom stereocenters. The van der Waals surface area contributed by atoms with E-state index in [1.54, 1.807) is 0 Å². The minimum absolute atomic E-state index is 0.353. The average Bonchev–Trinajstić information content (AvgIpc) is 2.78. The van der Waals surface area contributed by atoms with Crippen LogP contribution in [0, 0.1) is 11.6 Å². The molecule has 1 fully saturated rings. The van der Waals surface area contributed by atoms with E-state index in [4.69, 9.17) is 4.11 Å². The maximum atomic E-state index is 13.3. The van der Waals surface area contributed by atoms with Gasteiger partial charge in [-0.2, -0.15) is 17.6 Å². The molecular formula is C12H12F5NO2. The van der Waals surface area contributed by atoms with Gasteiger partial charge in [-0.1, -0.05) is 0 Å². The molecule has 0 saturated carbocycles. The van der Waals surface area contributed by atoms with Gasteiger partial charge in [0, 0.05) is 20.0 Å². The van der Waals surface area contributed by atoms with E-state index in [2.05, 4.69) is 4.74 Å². The highest BCUT2D eigenvalue weighted by Gasteiger charge is 2.59. The number of phenols is 1. The molecular weight excluding hydrogens is 285 g/mol. The van der Waals surface area contributed by atoms with E-state index in [1.807, 2.05) is 0 Å². The first-order valence-electron chi connectivity index (χ1n) is 7.05. The van der Waals surface area contributed by atoms with Crippen LogP contribution in [0.5, 0.6) is 5.75 Å². The summed E-state index contributed by atoms with van der Waals surface area (Å²) >= 11 is 0. The molecule has 0 spiro atoms. The van der Waals surface area contributed by atoms with E-state index in [-0.39, 0.29) is 12.2 Å². The Labute approximate surface area is 115 Å². The molecule has 1 heterocycles. The van der Waals surface area contributed by atoms with Crippen LogP contribution in [-0.4, -0.2) is 37.0 Å². The third-order valence-corrected chi connectivity index (χ3v) is 3.33. The molecule has 0 radical (unpaired) electrons. The molecule has 0 amide bonds. The number of hydrogen-bond donors (Lipinski definition) is 1. The number of rotatable bonds is 2. The first kappa shape index (κ1) is 11.1. The number of ether oxygens (including phenoxy) is 1. The molecule has 1 N–H and O–H groups in total. The fraction of sp³-hybridized carbons (Fsp3) is 0.500. The number of halogens is 5. The van der Waals surface area contributed by atoms with Crippen molar-refractivity contribution >= 4 is 5.69 Å². The number of aromatic hydroxyl groups is 1. The van der Waals surface area contributed by atoms with Crippen LogP contribution in [0.15, 0.2) is 12.1 Å². The van der Waals surface area contributed by atoms with Gasteiger partial charge >= 0.3 is 6.18 Å². The minimum Gasteiger partial charge on any atom is -0.503 e. The number of benzene rings is 1. The van der Waals surface area contributed by atoms with E-state index >= 15 is 0 Å². The molecule has 1 aliphatic rings. The summed E-state index contributed by atoms with van der Waals surface area (Å²) in [5, 5.41) is 9.55. The Morgan fingerprint density at radius 2 is 2.10 bits per heavy atom. The summed E-state index contributed by atoms with van der Waals surface area (Å²) in [7, 11) is -3.29. The topological polar surface area (TPSA) is 32.7 Å². The van der Waals surface area contributed by atoms with Crippen LogP contribution in [-0.2, 0) is 4.74 Å². The summed E-state index contributed by atoms with van der Waals surface area (Å²) in [6.07, 6.45) is -5.72. The second-order valence-corrected chi connectivity index (χ2v) is 4.49. The summed E-state index contributed by atoms with van der Waals surface area (Å²) in [6.45, 7) is -1.32. The zero-order valence-electron chi connectivity index (χ0n) is 13.0. The number of nitrogens with zero attached hydrogens (tertiary/aromatic N) is 1. The molecule has 1 aromatic carbocycles. The lowest BCUT2D eigenvalue weighted by Gasteiger charge is -2.30. The Morgan fingerprint density at radius 3 is 2.70 bits per heavy atom. The molecule has 8 heteroatoms. The highest BCUT2D eigenvalue weighted by Crippen LogP contribution is 2.43. The van der Waals surface area contributed by atoms with Crippen molar-refractivity contribution in [1.29, 1.82) is 0 Å². The Morgan fingerprint density at radius 1 is 1.40 bits per heavy atom. The molecule has 0 bridgehead atoms. The standard InChI is InChI=1S/C12H12F5NO2/c1-20-11(12(15,16)17)4-5-18(6-11)8-3-2-7(13)9(14)10(8)19/h2-3,19H,4-6H2,1H3/i1D3. The van der Waals surface area contributed by atoms with Crippen LogP contribution in [0.2, 0.25) is 0 Å². The largest absolute Gasteiger partial charge is 0.503 e. The molecule has 1 unspecified atom stereocenters. The van der Waals surface area contributed by atoms with Gasteiger partial charge in [0.2, 0.25) is 5.82 Å². The molecule has 1 saturated heterocycles. The van der Waals surface area contributed by atoms with Crippen molar-refractivity contribution in [2.75, 3.05) is 25.0 Å². The first-order chi connectivity index (χ1) is 10.4. The lowest BCUT2D eigenvalue weighted by atomic mass is 10.0. The van der Waals surface area contributed by atoms with Crippen molar-refractivity contribution in [2.45, 2.75) is 18.2 Å². The van der Waals surface area contributed by atoms with E-state index in [0.29, 0.717) is 6.07 Å². The third-order valence-electron chi connectivity index (χ3n) is 3.33. The van der Waals surface area contributed by atoms with E-state index in [9.17, 15) is 27.1 Å². The number of alkyl halides is 3. The molecule has 1 aliphatic heterocycles. The van der Waals surface area contributed by atoms with Gasteiger partial charge in [0.05, 0.1) is 16.3 Å². The maximum Gasteiger partial charge on any atom is 0.419 e. The van der Waals surface area contributed by atoms with Crippen LogP contribution in [0.3, 0.4) is 0 Å². The monoisotopic (exact) mass is 300 g/mol. The van der Waals surface area contributed by atoms with Crippen molar-refractivity contribution in [2.24, 2.45) is 0 Å². The molecule has 1 aromatic rings. The first-order valence-corrected chi connectivity index (χ1v) is 5.55. The second-order valence-electron chi connectivity index (χ2n) is 4.49. The quantitative estimate of drug-likeness (QED) is 0.853. The zero-order chi connectivity index (χ0) is 17.6.